The van der Waals surface area contributed by atoms with Crippen molar-refractivity contribution in [3.05, 3.63) is 46.9 Å². The third-order valence-corrected chi connectivity index (χ3v) is 3.12. The first kappa shape index (κ1) is 15.3. The Kier molecular flexibility index (Phi) is 5.11. The minimum Gasteiger partial charge on any atom is -0.351 e. The number of nitrogens with zero attached hydrogens (tertiary/aromatic N) is 2. The number of rotatable bonds is 5. The van der Waals surface area contributed by atoms with E-state index in [1.165, 1.54) is 12.4 Å². The van der Waals surface area contributed by atoms with Crippen molar-refractivity contribution in [2.45, 2.75) is 20.3 Å². The van der Waals surface area contributed by atoms with Crippen molar-refractivity contribution in [2.24, 2.45) is 0 Å². The minimum atomic E-state index is -0.213. The topological polar surface area (TPSA) is 66.9 Å². The van der Waals surface area contributed by atoms with E-state index in [1.54, 1.807) is 0 Å². The molecule has 0 spiro atoms. The van der Waals surface area contributed by atoms with E-state index in [0.717, 1.165) is 17.7 Å². The van der Waals surface area contributed by atoms with Crippen LogP contribution in [-0.2, 0) is 0 Å². The molecule has 110 valence electrons. The number of halogens is 1. The predicted molar refractivity (Wildman–Crippen MR) is 84.1 cm³/mol. The molecular formula is C15H17ClN4O. The molecule has 0 radical (unpaired) electrons. The smallest absolute Gasteiger partial charge is 0.271 e. The molecule has 21 heavy (non-hydrogen) atoms. The summed E-state index contributed by atoms with van der Waals surface area (Å²) >= 11 is 5.97. The van der Waals surface area contributed by atoms with Gasteiger partial charge in [0.25, 0.3) is 5.91 Å². The van der Waals surface area contributed by atoms with E-state index in [9.17, 15) is 4.79 Å². The van der Waals surface area contributed by atoms with E-state index in [1.807, 2.05) is 32.0 Å². The molecular weight excluding hydrogens is 288 g/mol. The number of amides is 1. The van der Waals surface area contributed by atoms with Crippen molar-refractivity contribution >= 4 is 29.0 Å². The fourth-order valence-corrected chi connectivity index (χ4v) is 1.88. The number of hydrogen-bond donors (Lipinski definition) is 2. The maximum Gasteiger partial charge on any atom is 0.271 e. The van der Waals surface area contributed by atoms with Crippen molar-refractivity contribution in [1.82, 2.24) is 15.3 Å². The van der Waals surface area contributed by atoms with Crippen molar-refractivity contribution in [3.8, 4) is 0 Å². The van der Waals surface area contributed by atoms with Crippen LogP contribution in [0.3, 0.4) is 0 Å². The Morgan fingerprint density at radius 2 is 2.10 bits per heavy atom. The summed E-state index contributed by atoms with van der Waals surface area (Å²) in [7, 11) is 0. The zero-order valence-corrected chi connectivity index (χ0v) is 12.7. The van der Waals surface area contributed by atoms with Gasteiger partial charge in [0, 0.05) is 17.3 Å². The quantitative estimate of drug-likeness (QED) is 0.889. The van der Waals surface area contributed by atoms with E-state index < -0.39 is 0 Å². The van der Waals surface area contributed by atoms with Crippen molar-refractivity contribution in [3.63, 3.8) is 0 Å². The molecule has 0 bridgehead atoms. The maximum absolute atomic E-state index is 11.7. The standard InChI is InChI=1S/C15H17ClN4O/c1-3-6-17-15(21)13-8-19-14(9-18-13)20-12-7-11(16)5-4-10(12)2/h4-5,7-9H,3,6H2,1-2H3,(H,17,21)(H,19,20). The highest BCUT2D eigenvalue weighted by Gasteiger charge is 2.07. The molecule has 0 saturated carbocycles. The molecule has 1 aromatic carbocycles. The molecule has 2 N–H and O–H groups in total. The zero-order chi connectivity index (χ0) is 15.2. The summed E-state index contributed by atoms with van der Waals surface area (Å²) in [6.45, 7) is 4.59. The van der Waals surface area contributed by atoms with Crippen LogP contribution in [0.4, 0.5) is 11.5 Å². The number of hydrogen-bond acceptors (Lipinski definition) is 4. The molecule has 0 unspecified atom stereocenters. The van der Waals surface area contributed by atoms with Gasteiger partial charge in [-0.05, 0) is 31.0 Å². The lowest BCUT2D eigenvalue weighted by Crippen LogP contribution is -2.25. The van der Waals surface area contributed by atoms with Gasteiger partial charge in [-0.2, -0.15) is 0 Å². The second-order valence-electron chi connectivity index (χ2n) is 4.63. The van der Waals surface area contributed by atoms with Crippen LogP contribution in [0.15, 0.2) is 30.6 Å². The Labute approximate surface area is 128 Å². The van der Waals surface area contributed by atoms with E-state index in [-0.39, 0.29) is 5.91 Å². The summed E-state index contributed by atoms with van der Waals surface area (Å²) in [5, 5.41) is 6.53. The largest absolute Gasteiger partial charge is 0.351 e. The van der Waals surface area contributed by atoms with E-state index in [4.69, 9.17) is 11.6 Å². The monoisotopic (exact) mass is 304 g/mol. The Balaban J connectivity index is 2.09. The molecule has 0 fully saturated rings. The Bertz CT molecular complexity index is 628. The van der Waals surface area contributed by atoms with Crippen LogP contribution in [0.1, 0.15) is 29.4 Å². The first-order valence-corrected chi connectivity index (χ1v) is 7.11. The van der Waals surface area contributed by atoms with Gasteiger partial charge < -0.3 is 10.6 Å². The Hall–Kier alpha value is -2.14. The Morgan fingerprint density at radius 3 is 2.76 bits per heavy atom. The first-order valence-electron chi connectivity index (χ1n) is 6.73. The average Bonchev–Trinajstić information content (AvgIpc) is 2.49. The highest BCUT2D eigenvalue weighted by atomic mass is 35.5. The molecule has 2 aromatic rings. The minimum absolute atomic E-state index is 0.213. The van der Waals surface area contributed by atoms with Gasteiger partial charge >= 0.3 is 0 Å². The number of benzene rings is 1. The van der Waals surface area contributed by atoms with Gasteiger partial charge in [0.1, 0.15) is 11.5 Å². The molecule has 0 aliphatic heterocycles. The molecule has 0 saturated heterocycles. The SMILES string of the molecule is CCCNC(=O)c1cnc(Nc2cc(Cl)ccc2C)cn1. The molecule has 0 aliphatic carbocycles. The normalized spacial score (nSPS) is 10.2. The molecule has 2 rings (SSSR count). The van der Waals surface area contributed by atoms with Crippen LogP contribution < -0.4 is 10.6 Å². The lowest BCUT2D eigenvalue weighted by atomic mass is 10.2. The number of anilines is 2. The summed E-state index contributed by atoms with van der Waals surface area (Å²) in [4.78, 5) is 20.0. The van der Waals surface area contributed by atoms with Gasteiger partial charge in [0.2, 0.25) is 0 Å². The third kappa shape index (κ3) is 4.16. The molecule has 1 amide bonds. The molecule has 0 aliphatic rings. The van der Waals surface area contributed by atoms with E-state index >= 15 is 0 Å². The van der Waals surface area contributed by atoms with Gasteiger partial charge in [-0.1, -0.05) is 24.6 Å². The van der Waals surface area contributed by atoms with Gasteiger partial charge in [0.05, 0.1) is 12.4 Å². The predicted octanol–water partition coefficient (Wildman–Crippen LogP) is 3.32. The summed E-state index contributed by atoms with van der Waals surface area (Å²) < 4.78 is 0. The van der Waals surface area contributed by atoms with Crippen LogP contribution >= 0.6 is 11.6 Å². The summed E-state index contributed by atoms with van der Waals surface area (Å²) in [6.07, 6.45) is 3.86. The van der Waals surface area contributed by atoms with Gasteiger partial charge in [-0.25, -0.2) is 9.97 Å². The zero-order valence-electron chi connectivity index (χ0n) is 12.0. The summed E-state index contributed by atoms with van der Waals surface area (Å²) in [5.74, 6) is 0.349. The summed E-state index contributed by atoms with van der Waals surface area (Å²) in [6, 6.07) is 5.57. The van der Waals surface area contributed by atoms with Crippen molar-refractivity contribution in [2.75, 3.05) is 11.9 Å². The third-order valence-electron chi connectivity index (χ3n) is 2.88. The number of nitrogens with one attached hydrogen (secondary N) is 2. The highest BCUT2D eigenvalue weighted by molar-refractivity contribution is 6.30. The van der Waals surface area contributed by atoms with E-state index in [2.05, 4.69) is 20.6 Å². The lowest BCUT2D eigenvalue weighted by Gasteiger charge is -2.09. The summed E-state index contributed by atoms with van der Waals surface area (Å²) in [5.41, 5.74) is 2.21. The van der Waals surface area contributed by atoms with Crippen LogP contribution in [0, 0.1) is 6.92 Å². The average molecular weight is 305 g/mol. The number of aryl methyl sites for hydroxylation is 1. The fourth-order valence-electron chi connectivity index (χ4n) is 1.71. The number of carbonyl (C=O) groups excluding carboxylic acids is 1. The molecule has 1 aromatic heterocycles. The van der Waals surface area contributed by atoms with Crippen molar-refractivity contribution < 1.29 is 4.79 Å². The van der Waals surface area contributed by atoms with Crippen molar-refractivity contribution in [1.29, 1.82) is 0 Å². The van der Waals surface area contributed by atoms with Gasteiger partial charge in [0.15, 0.2) is 0 Å². The highest BCUT2D eigenvalue weighted by Crippen LogP contribution is 2.22. The second kappa shape index (κ2) is 7.04. The molecule has 0 atom stereocenters. The fraction of sp³-hybridized carbons (Fsp3) is 0.267. The molecule has 5 nitrogen and oxygen atoms in total. The van der Waals surface area contributed by atoms with Crippen LogP contribution in [-0.4, -0.2) is 22.4 Å². The van der Waals surface area contributed by atoms with Crippen LogP contribution in [0.25, 0.3) is 0 Å². The van der Waals surface area contributed by atoms with E-state index in [0.29, 0.717) is 23.1 Å². The molecule has 1 heterocycles. The lowest BCUT2D eigenvalue weighted by molar-refractivity contribution is 0.0948. The van der Waals surface area contributed by atoms with Gasteiger partial charge in [-0.3, -0.25) is 4.79 Å². The molecule has 6 heteroatoms. The number of carbonyl (C=O) groups is 1. The number of aromatic nitrogens is 2. The first-order chi connectivity index (χ1) is 10.1. The van der Waals surface area contributed by atoms with Crippen LogP contribution in [0.5, 0.6) is 0 Å². The van der Waals surface area contributed by atoms with Gasteiger partial charge in [-0.15, -0.1) is 0 Å². The Morgan fingerprint density at radius 1 is 1.29 bits per heavy atom. The van der Waals surface area contributed by atoms with Crippen LogP contribution in [0.2, 0.25) is 5.02 Å². The maximum atomic E-state index is 11.7. The second-order valence-corrected chi connectivity index (χ2v) is 5.06.